The largest absolute Gasteiger partial charge is 1.00 e. The number of hydrogen-bond donors (Lipinski definition) is 2. The van der Waals surface area contributed by atoms with Crippen molar-refractivity contribution < 1.29 is 54.9 Å². The maximum absolute atomic E-state index is 10.8. The quantitative estimate of drug-likeness (QED) is 0.170. The number of benzene rings is 1. The molecule has 0 aliphatic carbocycles. The van der Waals surface area contributed by atoms with Crippen LogP contribution in [0.4, 0.5) is 0 Å². The van der Waals surface area contributed by atoms with Gasteiger partial charge in [-0.1, -0.05) is 95.0 Å². The molecular formula is C18H32NaO5P. The van der Waals surface area contributed by atoms with Crippen molar-refractivity contribution in [2.75, 3.05) is 0 Å². The number of rotatable bonds is 14. The van der Waals surface area contributed by atoms with Crippen molar-refractivity contribution in [1.82, 2.24) is 0 Å². The van der Waals surface area contributed by atoms with Gasteiger partial charge in [0.2, 0.25) is 0 Å². The second kappa shape index (κ2) is 15.4. The van der Waals surface area contributed by atoms with Gasteiger partial charge in [-0.2, -0.15) is 0 Å². The Bertz CT molecular complexity index is 472. The Morgan fingerprint density at radius 2 is 1.48 bits per heavy atom. The smallest absolute Gasteiger partial charge is 1.00 e. The SMILES string of the molecule is CCCCCCCCCCCC(OOP(=O)(O)O)c1ccccc1.[H-].[Na+]. The minimum atomic E-state index is -4.63. The van der Waals surface area contributed by atoms with Crippen LogP contribution in [0.5, 0.6) is 0 Å². The molecule has 7 heteroatoms. The summed E-state index contributed by atoms with van der Waals surface area (Å²) in [5, 5.41) is 0. The van der Waals surface area contributed by atoms with Gasteiger partial charge in [-0.25, -0.2) is 9.45 Å². The van der Waals surface area contributed by atoms with Crippen LogP contribution in [0.15, 0.2) is 30.3 Å². The summed E-state index contributed by atoms with van der Waals surface area (Å²) >= 11 is 0. The Hall–Kier alpha value is 0.290. The van der Waals surface area contributed by atoms with Crippen LogP contribution in [0.1, 0.15) is 84.2 Å². The van der Waals surface area contributed by atoms with E-state index in [9.17, 15) is 4.57 Å². The first-order valence-corrected chi connectivity index (χ1v) is 10.5. The van der Waals surface area contributed by atoms with Crippen LogP contribution in [-0.4, -0.2) is 9.79 Å². The molecule has 1 unspecified atom stereocenters. The summed E-state index contributed by atoms with van der Waals surface area (Å²) < 4.78 is 15.1. The minimum absolute atomic E-state index is 0. The molecule has 0 aliphatic heterocycles. The predicted molar refractivity (Wildman–Crippen MR) is 96.4 cm³/mol. The molecule has 0 amide bonds. The van der Waals surface area contributed by atoms with Gasteiger partial charge in [0.25, 0.3) is 0 Å². The molecule has 1 aromatic carbocycles. The van der Waals surface area contributed by atoms with E-state index in [-0.39, 0.29) is 31.0 Å². The average molecular weight is 382 g/mol. The van der Waals surface area contributed by atoms with Crippen LogP contribution in [0.3, 0.4) is 0 Å². The fourth-order valence-corrected chi connectivity index (χ4v) is 2.90. The molecule has 1 atom stereocenters. The maximum atomic E-state index is 10.8. The van der Waals surface area contributed by atoms with Crippen LogP contribution in [0.25, 0.3) is 0 Å². The van der Waals surface area contributed by atoms with Gasteiger partial charge in [-0.05, 0) is 12.0 Å². The van der Waals surface area contributed by atoms with Crippen LogP contribution in [0, 0.1) is 0 Å². The van der Waals surface area contributed by atoms with Gasteiger partial charge in [0.1, 0.15) is 6.10 Å². The third kappa shape index (κ3) is 14.1. The molecule has 0 aromatic heterocycles. The van der Waals surface area contributed by atoms with E-state index < -0.39 is 13.9 Å². The second-order valence-corrected chi connectivity index (χ2v) is 7.31. The molecule has 0 heterocycles. The molecule has 5 nitrogen and oxygen atoms in total. The predicted octanol–water partition coefficient (Wildman–Crippen LogP) is 2.81. The van der Waals surface area contributed by atoms with Crippen molar-refractivity contribution in [1.29, 1.82) is 0 Å². The molecule has 0 spiro atoms. The monoisotopic (exact) mass is 382 g/mol. The Kier molecular flexibility index (Phi) is 15.5. The zero-order chi connectivity index (χ0) is 17.7. The van der Waals surface area contributed by atoms with E-state index in [2.05, 4.69) is 11.6 Å². The first-order chi connectivity index (χ1) is 11.5. The van der Waals surface area contributed by atoms with Crippen molar-refractivity contribution in [2.24, 2.45) is 0 Å². The molecular weight excluding hydrogens is 350 g/mol. The zero-order valence-electron chi connectivity index (χ0n) is 16.6. The van der Waals surface area contributed by atoms with E-state index in [1.54, 1.807) is 0 Å². The van der Waals surface area contributed by atoms with Crippen LogP contribution >= 0.6 is 7.82 Å². The molecule has 0 bridgehead atoms. The zero-order valence-corrected chi connectivity index (χ0v) is 18.5. The Labute approximate surface area is 175 Å². The Balaban J connectivity index is 0. The molecule has 2 N–H and O–H groups in total. The van der Waals surface area contributed by atoms with Gasteiger partial charge >= 0.3 is 37.4 Å². The van der Waals surface area contributed by atoms with Crippen LogP contribution in [0.2, 0.25) is 0 Å². The van der Waals surface area contributed by atoms with Crippen LogP contribution < -0.4 is 29.6 Å². The third-order valence-electron chi connectivity index (χ3n) is 4.00. The van der Waals surface area contributed by atoms with Crippen molar-refractivity contribution in [2.45, 2.75) is 77.2 Å². The molecule has 0 fully saturated rings. The fraction of sp³-hybridized carbons (Fsp3) is 0.667. The first-order valence-electron chi connectivity index (χ1n) is 8.98. The summed E-state index contributed by atoms with van der Waals surface area (Å²) in [5.74, 6) is 0. The summed E-state index contributed by atoms with van der Waals surface area (Å²) in [7, 11) is -4.63. The van der Waals surface area contributed by atoms with E-state index in [0.29, 0.717) is 6.42 Å². The minimum Gasteiger partial charge on any atom is -1.00 e. The number of unbranched alkanes of at least 4 members (excludes halogenated alkanes) is 8. The molecule has 1 rings (SSSR count). The fourth-order valence-electron chi connectivity index (χ4n) is 2.69. The van der Waals surface area contributed by atoms with E-state index in [4.69, 9.17) is 14.7 Å². The first kappa shape index (κ1) is 25.3. The molecule has 0 saturated carbocycles. The normalized spacial score (nSPS) is 12.6. The second-order valence-electron chi connectivity index (χ2n) is 6.18. The number of hydrogen-bond acceptors (Lipinski definition) is 3. The van der Waals surface area contributed by atoms with Crippen molar-refractivity contribution >= 4 is 7.82 Å². The third-order valence-corrected chi connectivity index (χ3v) is 4.28. The summed E-state index contributed by atoms with van der Waals surface area (Å²) in [6, 6.07) is 9.39. The van der Waals surface area contributed by atoms with E-state index in [1.165, 1.54) is 44.9 Å². The summed E-state index contributed by atoms with van der Waals surface area (Å²) in [5.41, 5.74) is 0.866. The van der Waals surface area contributed by atoms with E-state index in [1.807, 2.05) is 30.3 Å². The molecule has 140 valence electrons. The summed E-state index contributed by atoms with van der Waals surface area (Å²) in [4.78, 5) is 22.6. The number of phosphoric acid groups is 1. The van der Waals surface area contributed by atoms with Gasteiger partial charge in [0.05, 0.1) is 0 Å². The Morgan fingerprint density at radius 1 is 0.960 bits per heavy atom. The topological polar surface area (TPSA) is 76.0 Å². The van der Waals surface area contributed by atoms with Gasteiger partial charge < -0.3 is 11.2 Å². The maximum Gasteiger partial charge on any atom is 1.00 e. The van der Waals surface area contributed by atoms with Crippen molar-refractivity contribution in [3.8, 4) is 0 Å². The molecule has 1 aromatic rings. The van der Waals surface area contributed by atoms with Gasteiger partial charge in [0.15, 0.2) is 0 Å². The van der Waals surface area contributed by atoms with Gasteiger partial charge in [0, 0.05) is 0 Å². The summed E-state index contributed by atoms with van der Waals surface area (Å²) in [6.45, 7) is 2.22. The summed E-state index contributed by atoms with van der Waals surface area (Å²) in [6.07, 6.45) is 11.2. The van der Waals surface area contributed by atoms with Crippen molar-refractivity contribution in [3.63, 3.8) is 0 Å². The molecule has 0 saturated heterocycles. The van der Waals surface area contributed by atoms with Gasteiger partial charge in [-0.15, -0.1) is 4.67 Å². The van der Waals surface area contributed by atoms with Gasteiger partial charge in [-0.3, -0.25) is 0 Å². The van der Waals surface area contributed by atoms with Crippen LogP contribution in [-0.2, 0) is 14.1 Å². The standard InChI is InChI=1S/C18H31O5P.Na.H/c1-2-3-4-5-6-7-8-9-13-16-18(22-23-24(19,20)21)17-14-11-10-12-15-17;;/h10-12,14-15,18H,2-9,13,16H2,1H3,(H2,19,20,21);;/q;+1;-1. The molecule has 0 radical (unpaired) electrons. The molecule has 25 heavy (non-hydrogen) atoms. The average Bonchev–Trinajstić information content (AvgIpc) is 2.56. The van der Waals surface area contributed by atoms with E-state index >= 15 is 0 Å². The Morgan fingerprint density at radius 3 is 2.00 bits per heavy atom. The molecule has 0 aliphatic rings. The van der Waals surface area contributed by atoms with E-state index in [0.717, 1.165) is 18.4 Å². The van der Waals surface area contributed by atoms with Crippen molar-refractivity contribution in [3.05, 3.63) is 35.9 Å².